The summed E-state index contributed by atoms with van der Waals surface area (Å²) < 4.78 is 14.8. The Morgan fingerprint density at radius 2 is 1.71 bits per heavy atom. The molecule has 0 radical (unpaired) electrons. The molecular formula is C29H23FN4O. The second-order valence-corrected chi connectivity index (χ2v) is 9.13. The molecule has 1 N–H and O–H groups in total. The van der Waals surface area contributed by atoms with Gasteiger partial charge in [0.1, 0.15) is 5.82 Å². The van der Waals surface area contributed by atoms with Crippen molar-refractivity contribution in [3.63, 3.8) is 0 Å². The Kier molecular flexibility index (Phi) is 4.95. The number of rotatable bonds is 5. The van der Waals surface area contributed by atoms with Crippen LogP contribution in [0.15, 0.2) is 91.1 Å². The highest BCUT2D eigenvalue weighted by Crippen LogP contribution is 2.45. The van der Waals surface area contributed by atoms with Crippen molar-refractivity contribution in [2.24, 2.45) is 0 Å². The molecule has 1 aliphatic carbocycles. The largest absolute Gasteiger partial charge is 0.343 e. The molecule has 0 spiro atoms. The zero-order valence-electron chi connectivity index (χ0n) is 19.2. The maximum atomic E-state index is 13.3. The Morgan fingerprint density at radius 3 is 2.46 bits per heavy atom. The minimum atomic E-state index is -0.284. The van der Waals surface area contributed by atoms with Crippen molar-refractivity contribution < 1.29 is 9.18 Å². The van der Waals surface area contributed by atoms with Gasteiger partial charge in [-0.2, -0.15) is 9.73 Å². The van der Waals surface area contributed by atoms with Crippen molar-refractivity contribution in [3.05, 3.63) is 114 Å². The molecule has 35 heavy (non-hydrogen) atoms. The number of aromatic nitrogens is 3. The van der Waals surface area contributed by atoms with Gasteiger partial charge in [0, 0.05) is 16.7 Å². The fourth-order valence-electron chi connectivity index (χ4n) is 4.53. The van der Waals surface area contributed by atoms with E-state index in [1.807, 2.05) is 55.5 Å². The minimum absolute atomic E-state index is 0.0791. The molecule has 2 heterocycles. The van der Waals surface area contributed by atoms with Gasteiger partial charge in [0.2, 0.25) is 0 Å². The molecule has 1 amide bonds. The third-order valence-corrected chi connectivity index (χ3v) is 6.71. The standard InChI is InChI=1S/C29H23FN4O/c1-19-7-8-21(28(35)32-29(13-14-29)23-5-3-2-4-6-23)16-26(19)22-15-25-17-27(33-34(25)31-18-22)20-9-11-24(30)12-10-20/h2-12,15-18H,13-14H2,1H3,(H,32,35). The number of fused-ring (bicyclic) bond motifs is 1. The molecule has 6 heteroatoms. The fourth-order valence-corrected chi connectivity index (χ4v) is 4.53. The lowest BCUT2D eigenvalue weighted by Gasteiger charge is -2.18. The first kappa shape index (κ1) is 21.2. The summed E-state index contributed by atoms with van der Waals surface area (Å²) in [5.41, 5.74) is 6.75. The lowest BCUT2D eigenvalue weighted by Crippen LogP contribution is -2.34. The maximum absolute atomic E-state index is 13.3. The Balaban J connectivity index is 1.30. The van der Waals surface area contributed by atoms with Gasteiger partial charge < -0.3 is 5.32 Å². The van der Waals surface area contributed by atoms with Gasteiger partial charge in [-0.15, -0.1) is 5.10 Å². The van der Waals surface area contributed by atoms with Gasteiger partial charge in [-0.05, 0) is 85.0 Å². The summed E-state index contributed by atoms with van der Waals surface area (Å²) >= 11 is 0. The fraction of sp³-hybridized carbons (Fsp3) is 0.138. The van der Waals surface area contributed by atoms with E-state index in [2.05, 4.69) is 27.6 Å². The second kappa shape index (κ2) is 8.17. The van der Waals surface area contributed by atoms with Crippen molar-refractivity contribution >= 4 is 11.4 Å². The van der Waals surface area contributed by atoms with E-state index in [1.165, 1.54) is 12.1 Å². The zero-order chi connectivity index (χ0) is 24.0. The zero-order valence-corrected chi connectivity index (χ0v) is 19.2. The molecule has 1 saturated carbocycles. The number of nitrogens with one attached hydrogen (secondary N) is 1. The van der Waals surface area contributed by atoms with Crippen LogP contribution in [-0.4, -0.2) is 20.7 Å². The molecule has 0 bridgehead atoms. The number of hydrogen-bond acceptors (Lipinski definition) is 3. The summed E-state index contributed by atoms with van der Waals surface area (Å²) in [6.45, 7) is 2.02. The summed E-state index contributed by atoms with van der Waals surface area (Å²) in [6.07, 6.45) is 3.64. The topological polar surface area (TPSA) is 59.3 Å². The molecule has 5 aromatic rings. The molecule has 0 atom stereocenters. The van der Waals surface area contributed by atoms with Crippen molar-refractivity contribution in [1.29, 1.82) is 0 Å². The number of aryl methyl sites for hydroxylation is 1. The van der Waals surface area contributed by atoms with Crippen molar-refractivity contribution in [2.45, 2.75) is 25.3 Å². The van der Waals surface area contributed by atoms with Crippen LogP contribution in [0.3, 0.4) is 0 Å². The van der Waals surface area contributed by atoms with Crippen LogP contribution in [0.25, 0.3) is 27.9 Å². The number of hydrogen-bond donors (Lipinski definition) is 1. The van der Waals surface area contributed by atoms with Crippen LogP contribution in [0.4, 0.5) is 4.39 Å². The lowest BCUT2D eigenvalue weighted by molar-refractivity contribution is 0.0931. The number of carbonyl (C=O) groups is 1. The van der Waals surface area contributed by atoms with Crippen molar-refractivity contribution in [2.75, 3.05) is 0 Å². The average molecular weight is 463 g/mol. The number of amides is 1. The third-order valence-electron chi connectivity index (χ3n) is 6.71. The van der Waals surface area contributed by atoms with E-state index in [0.717, 1.165) is 51.9 Å². The molecule has 5 nitrogen and oxygen atoms in total. The van der Waals surface area contributed by atoms with E-state index in [9.17, 15) is 9.18 Å². The SMILES string of the molecule is Cc1ccc(C(=O)NC2(c3ccccc3)CC2)cc1-c1cnn2nc(-c3ccc(F)cc3)cc2c1. The molecule has 3 aromatic carbocycles. The van der Waals surface area contributed by atoms with Crippen LogP contribution < -0.4 is 5.32 Å². The molecule has 0 unspecified atom stereocenters. The Hall–Kier alpha value is -4.32. The van der Waals surface area contributed by atoms with E-state index in [0.29, 0.717) is 5.56 Å². The van der Waals surface area contributed by atoms with Crippen LogP contribution in [0.5, 0.6) is 0 Å². The predicted octanol–water partition coefficient (Wildman–Crippen LogP) is 5.93. The van der Waals surface area contributed by atoms with Crippen molar-refractivity contribution in [3.8, 4) is 22.4 Å². The summed E-state index contributed by atoms with van der Waals surface area (Å²) in [6, 6.07) is 26.1. The molecule has 2 aromatic heterocycles. The highest BCUT2D eigenvalue weighted by Gasteiger charge is 2.45. The third kappa shape index (κ3) is 3.97. The summed E-state index contributed by atoms with van der Waals surface area (Å²) in [4.78, 5) is 13.2. The van der Waals surface area contributed by atoms with Gasteiger partial charge in [0.25, 0.3) is 5.91 Å². The number of carbonyl (C=O) groups excluding carboxylic acids is 1. The van der Waals surface area contributed by atoms with Gasteiger partial charge in [0.15, 0.2) is 0 Å². The predicted molar refractivity (Wildman–Crippen MR) is 133 cm³/mol. The quantitative estimate of drug-likeness (QED) is 0.352. The molecule has 1 aliphatic rings. The summed E-state index contributed by atoms with van der Waals surface area (Å²) in [5, 5.41) is 12.2. The van der Waals surface area contributed by atoms with Crippen LogP contribution >= 0.6 is 0 Å². The van der Waals surface area contributed by atoms with Gasteiger partial charge in [-0.25, -0.2) is 4.39 Å². The first-order valence-corrected chi connectivity index (χ1v) is 11.6. The first-order chi connectivity index (χ1) is 17.0. The van der Waals surface area contributed by atoms with E-state index in [4.69, 9.17) is 0 Å². The van der Waals surface area contributed by atoms with E-state index in [1.54, 1.807) is 23.0 Å². The summed E-state index contributed by atoms with van der Waals surface area (Å²) in [7, 11) is 0. The van der Waals surface area contributed by atoms with Gasteiger partial charge in [0.05, 0.1) is 22.9 Å². The van der Waals surface area contributed by atoms with Crippen LogP contribution in [-0.2, 0) is 5.54 Å². The van der Waals surface area contributed by atoms with Crippen LogP contribution in [0, 0.1) is 12.7 Å². The average Bonchev–Trinajstić information content (AvgIpc) is 3.54. The van der Waals surface area contributed by atoms with Crippen LogP contribution in [0.1, 0.15) is 34.3 Å². The smallest absolute Gasteiger partial charge is 0.251 e. The highest BCUT2D eigenvalue weighted by molar-refractivity contribution is 5.96. The number of nitrogens with zero attached hydrogens (tertiary/aromatic N) is 3. The monoisotopic (exact) mass is 462 g/mol. The molecule has 0 aliphatic heterocycles. The molecule has 1 fully saturated rings. The minimum Gasteiger partial charge on any atom is -0.343 e. The van der Waals surface area contributed by atoms with Crippen molar-refractivity contribution in [1.82, 2.24) is 20.1 Å². The highest BCUT2D eigenvalue weighted by atomic mass is 19.1. The molecule has 172 valence electrons. The van der Waals surface area contributed by atoms with E-state index < -0.39 is 0 Å². The Morgan fingerprint density at radius 1 is 0.943 bits per heavy atom. The molecule has 6 rings (SSSR count). The van der Waals surface area contributed by atoms with E-state index in [-0.39, 0.29) is 17.3 Å². The Bertz CT molecular complexity index is 1550. The maximum Gasteiger partial charge on any atom is 0.251 e. The number of halogens is 1. The van der Waals surface area contributed by atoms with Gasteiger partial charge >= 0.3 is 0 Å². The van der Waals surface area contributed by atoms with Crippen LogP contribution in [0.2, 0.25) is 0 Å². The lowest BCUT2D eigenvalue weighted by atomic mass is 9.98. The number of benzene rings is 3. The second-order valence-electron chi connectivity index (χ2n) is 9.13. The van der Waals surface area contributed by atoms with Gasteiger partial charge in [-0.1, -0.05) is 36.4 Å². The van der Waals surface area contributed by atoms with Gasteiger partial charge in [-0.3, -0.25) is 4.79 Å². The Labute approximate surface area is 202 Å². The van der Waals surface area contributed by atoms with E-state index >= 15 is 0 Å². The first-order valence-electron chi connectivity index (χ1n) is 11.6. The normalized spacial score (nSPS) is 14.1. The molecule has 0 saturated heterocycles. The molecular weight excluding hydrogens is 439 g/mol. The summed E-state index contributed by atoms with van der Waals surface area (Å²) in [5.74, 6) is -0.363.